The predicted molar refractivity (Wildman–Crippen MR) is 74.7 cm³/mol. The van der Waals surface area contributed by atoms with Gasteiger partial charge in [0.2, 0.25) is 0 Å². The minimum Gasteiger partial charge on any atom is -0.455 e. The maximum atomic E-state index is 11.7. The number of anilines is 1. The lowest BCUT2D eigenvalue weighted by Crippen LogP contribution is -2.22. The molecule has 112 valence electrons. The molecule has 1 N–H and O–H groups in total. The second kappa shape index (κ2) is 5.90. The second-order valence-corrected chi connectivity index (χ2v) is 5.23. The highest BCUT2D eigenvalue weighted by Gasteiger charge is 2.40. The molecule has 1 aromatic carbocycles. The summed E-state index contributed by atoms with van der Waals surface area (Å²) in [6.45, 7) is 3.26. The SMILES string of the molecule is Cc1cc([N+](=O)[O-])ccc1NC(=O)COC(=O)[C@@H]1C[C@@H]1C. The molecule has 7 heteroatoms. The quantitative estimate of drug-likeness (QED) is 0.508. The Kier molecular flexibility index (Phi) is 4.21. The number of nitro groups is 1. The van der Waals surface area contributed by atoms with Crippen LogP contribution in [0.4, 0.5) is 11.4 Å². The molecule has 1 aliphatic carbocycles. The molecule has 0 spiro atoms. The van der Waals surface area contributed by atoms with E-state index in [-0.39, 0.29) is 24.2 Å². The molecule has 0 unspecified atom stereocenters. The van der Waals surface area contributed by atoms with Gasteiger partial charge in [-0.1, -0.05) is 6.92 Å². The number of carbonyl (C=O) groups excluding carboxylic acids is 2. The van der Waals surface area contributed by atoms with Crippen LogP contribution in [0.15, 0.2) is 18.2 Å². The highest BCUT2D eigenvalue weighted by atomic mass is 16.6. The maximum Gasteiger partial charge on any atom is 0.309 e. The van der Waals surface area contributed by atoms with Crippen LogP contribution in [0.5, 0.6) is 0 Å². The Hall–Kier alpha value is -2.44. The molecule has 0 aliphatic heterocycles. The van der Waals surface area contributed by atoms with Crippen LogP contribution in [-0.2, 0) is 14.3 Å². The topological polar surface area (TPSA) is 98.5 Å². The summed E-state index contributed by atoms with van der Waals surface area (Å²) in [5.74, 6) is -0.567. The molecular weight excluding hydrogens is 276 g/mol. The number of nitro benzene ring substituents is 1. The lowest BCUT2D eigenvalue weighted by Gasteiger charge is -2.08. The fourth-order valence-electron chi connectivity index (χ4n) is 1.98. The molecule has 2 rings (SSSR count). The molecule has 21 heavy (non-hydrogen) atoms. The van der Waals surface area contributed by atoms with Gasteiger partial charge in [0.1, 0.15) is 0 Å². The van der Waals surface area contributed by atoms with Gasteiger partial charge in [0, 0.05) is 17.8 Å². The average Bonchev–Trinajstić information content (AvgIpc) is 3.15. The van der Waals surface area contributed by atoms with Crippen molar-refractivity contribution in [1.29, 1.82) is 0 Å². The number of hydrogen-bond donors (Lipinski definition) is 1. The zero-order valence-corrected chi connectivity index (χ0v) is 11.8. The minimum atomic E-state index is -0.503. The first-order valence-electron chi connectivity index (χ1n) is 6.60. The van der Waals surface area contributed by atoms with E-state index in [0.717, 1.165) is 6.42 Å². The summed E-state index contributed by atoms with van der Waals surface area (Å²) in [6.07, 6.45) is 0.807. The monoisotopic (exact) mass is 292 g/mol. The zero-order valence-electron chi connectivity index (χ0n) is 11.8. The minimum absolute atomic E-state index is 0.0420. The van der Waals surface area contributed by atoms with Crippen molar-refractivity contribution in [2.45, 2.75) is 20.3 Å². The standard InChI is InChI=1S/C14H16N2O5/c1-8-6-11(8)14(18)21-7-13(17)15-12-4-3-10(16(19)20)5-9(12)2/h3-5,8,11H,6-7H2,1-2H3,(H,15,17)/t8-,11+/m0/s1. The van der Waals surface area contributed by atoms with Crippen LogP contribution in [0.25, 0.3) is 0 Å². The van der Waals surface area contributed by atoms with E-state index in [1.165, 1.54) is 18.2 Å². The lowest BCUT2D eigenvalue weighted by atomic mass is 10.2. The zero-order chi connectivity index (χ0) is 15.6. The Morgan fingerprint density at radius 1 is 1.48 bits per heavy atom. The van der Waals surface area contributed by atoms with Crippen LogP contribution in [0, 0.1) is 28.9 Å². The summed E-state index contributed by atoms with van der Waals surface area (Å²) >= 11 is 0. The van der Waals surface area contributed by atoms with Crippen molar-refractivity contribution in [2.24, 2.45) is 11.8 Å². The first kappa shape index (κ1) is 15.0. The van der Waals surface area contributed by atoms with Gasteiger partial charge >= 0.3 is 5.97 Å². The predicted octanol–water partition coefficient (Wildman–Crippen LogP) is 2.04. The summed E-state index contributed by atoms with van der Waals surface area (Å²) < 4.78 is 4.91. The number of nitrogens with one attached hydrogen (secondary N) is 1. The lowest BCUT2D eigenvalue weighted by molar-refractivity contribution is -0.384. The number of amides is 1. The molecule has 1 amide bonds. The van der Waals surface area contributed by atoms with Crippen molar-refractivity contribution in [3.8, 4) is 0 Å². The first-order chi connectivity index (χ1) is 9.88. The van der Waals surface area contributed by atoms with Crippen LogP contribution >= 0.6 is 0 Å². The van der Waals surface area contributed by atoms with E-state index in [4.69, 9.17) is 4.74 Å². The number of carbonyl (C=O) groups is 2. The summed E-state index contributed by atoms with van der Waals surface area (Å²) in [5.41, 5.74) is 0.987. The van der Waals surface area contributed by atoms with E-state index in [2.05, 4.69) is 5.32 Å². The Morgan fingerprint density at radius 2 is 2.14 bits per heavy atom. The van der Waals surface area contributed by atoms with E-state index >= 15 is 0 Å². The average molecular weight is 292 g/mol. The summed E-state index contributed by atoms with van der Waals surface area (Å²) in [6, 6.07) is 4.13. The number of benzene rings is 1. The molecule has 7 nitrogen and oxygen atoms in total. The van der Waals surface area contributed by atoms with Crippen molar-refractivity contribution in [3.05, 3.63) is 33.9 Å². The van der Waals surface area contributed by atoms with Crippen LogP contribution in [0.2, 0.25) is 0 Å². The summed E-state index contributed by atoms with van der Waals surface area (Å²) in [7, 11) is 0. The summed E-state index contributed by atoms with van der Waals surface area (Å²) in [4.78, 5) is 33.3. The third-order valence-electron chi connectivity index (χ3n) is 3.45. The molecule has 1 fully saturated rings. The van der Waals surface area contributed by atoms with Crippen LogP contribution in [-0.4, -0.2) is 23.4 Å². The first-order valence-corrected chi connectivity index (χ1v) is 6.60. The van der Waals surface area contributed by atoms with Gasteiger partial charge in [0.25, 0.3) is 11.6 Å². The molecule has 0 saturated heterocycles. The number of hydrogen-bond acceptors (Lipinski definition) is 5. The Morgan fingerprint density at radius 3 is 2.67 bits per heavy atom. The van der Waals surface area contributed by atoms with Crippen molar-refractivity contribution >= 4 is 23.3 Å². The Bertz CT molecular complexity index is 599. The van der Waals surface area contributed by atoms with Gasteiger partial charge < -0.3 is 10.1 Å². The van der Waals surface area contributed by atoms with E-state index in [1.807, 2.05) is 6.92 Å². The van der Waals surface area contributed by atoms with Gasteiger partial charge in [0.05, 0.1) is 10.8 Å². The van der Waals surface area contributed by atoms with E-state index < -0.39 is 10.8 Å². The van der Waals surface area contributed by atoms with Gasteiger partial charge in [-0.2, -0.15) is 0 Å². The molecular formula is C14H16N2O5. The van der Waals surface area contributed by atoms with Crippen LogP contribution in [0.3, 0.4) is 0 Å². The molecule has 1 aliphatic rings. The molecule has 1 saturated carbocycles. The highest BCUT2D eigenvalue weighted by Crippen LogP contribution is 2.38. The molecule has 1 aromatic rings. The van der Waals surface area contributed by atoms with E-state index in [9.17, 15) is 19.7 Å². The number of esters is 1. The molecule has 0 radical (unpaired) electrons. The van der Waals surface area contributed by atoms with Crippen molar-refractivity contribution < 1.29 is 19.2 Å². The maximum absolute atomic E-state index is 11.7. The normalized spacial score (nSPS) is 19.7. The van der Waals surface area contributed by atoms with E-state index in [0.29, 0.717) is 17.2 Å². The largest absolute Gasteiger partial charge is 0.455 e. The number of aryl methyl sites for hydroxylation is 1. The van der Waals surface area contributed by atoms with Gasteiger partial charge in [-0.25, -0.2) is 0 Å². The third kappa shape index (κ3) is 3.77. The highest BCUT2D eigenvalue weighted by molar-refractivity contribution is 5.93. The fraction of sp³-hybridized carbons (Fsp3) is 0.429. The fourth-order valence-corrected chi connectivity index (χ4v) is 1.98. The summed E-state index contributed by atoms with van der Waals surface area (Å²) in [5, 5.41) is 13.2. The van der Waals surface area contributed by atoms with Gasteiger partial charge in [0.15, 0.2) is 6.61 Å². The van der Waals surface area contributed by atoms with Crippen molar-refractivity contribution in [1.82, 2.24) is 0 Å². The molecule has 0 bridgehead atoms. The Balaban J connectivity index is 1.87. The number of ether oxygens (including phenoxy) is 1. The van der Waals surface area contributed by atoms with Crippen LogP contribution in [0.1, 0.15) is 18.9 Å². The van der Waals surface area contributed by atoms with Crippen molar-refractivity contribution in [2.75, 3.05) is 11.9 Å². The number of rotatable bonds is 5. The van der Waals surface area contributed by atoms with Crippen LogP contribution < -0.4 is 5.32 Å². The molecule has 0 heterocycles. The smallest absolute Gasteiger partial charge is 0.309 e. The third-order valence-corrected chi connectivity index (χ3v) is 3.45. The van der Waals surface area contributed by atoms with Gasteiger partial charge in [-0.15, -0.1) is 0 Å². The number of non-ortho nitro benzene ring substituents is 1. The number of nitrogens with zero attached hydrogens (tertiary/aromatic N) is 1. The Labute approximate surface area is 121 Å². The molecule has 2 atom stereocenters. The van der Waals surface area contributed by atoms with Crippen molar-refractivity contribution in [3.63, 3.8) is 0 Å². The molecule has 0 aromatic heterocycles. The van der Waals surface area contributed by atoms with Gasteiger partial charge in [-0.3, -0.25) is 19.7 Å². The van der Waals surface area contributed by atoms with Gasteiger partial charge in [-0.05, 0) is 30.9 Å². The van der Waals surface area contributed by atoms with E-state index in [1.54, 1.807) is 6.92 Å². The second-order valence-electron chi connectivity index (χ2n) is 5.23.